The highest BCUT2D eigenvalue weighted by Gasteiger charge is 2.21. The van der Waals surface area contributed by atoms with Gasteiger partial charge >= 0.3 is 6.09 Å². The smallest absolute Gasteiger partial charge is 0.411 e. The zero-order chi connectivity index (χ0) is 26.2. The van der Waals surface area contributed by atoms with Crippen molar-refractivity contribution in [2.24, 2.45) is 0 Å². The first kappa shape index (κ1) is 26.4. The van der Waals surface area contributed by atoms with Crippen LogP contribution in [0.5, 0.6) is 0 Å². The van der Waals surface area contributed by atoms with Gasteiger partial charge in [0.15, 0.2) is 0 Å². The highest BCUT2D eigenvalue weighted by molar-refractivity contribution is 5.92. The number of anilines is 2. The van der Waals surface area contributed by atoms with Gasteiger partial charge in [-0.05, 0) is 79.8 Å². The van der Waals surface area contributed by atoms with Crippen LogP contribution in [0, 0.1) is 6.92 Å². The Labute approximate surface area is 218 Å². The van der Waals surface area contributed by atoms with E-state index in [0.717, 1.165) is 53.7 Å². The molecule has 0 saturated carbocycles. The lowest BCUT2D eigenvalue weighted by atomic mass is 9.98. The van der Waals surface area contributed by atoms with Crippen molar-refractivity contribution in [1.29, 1.82) is 0 Å². The van der Waals surface area contributed by atoms with Crippen molar-refractivity contribution in [3.63, 3.8) is 0 Å². The van der Waals surface area contributed by atoms with E-state index in [2.05, 4.69) is 22.6 Å². The Hall–Kier alpha value is -3.68. The summed E-state index contributed by atoms with van der Waals surface area (Å²) in [7, 11) is 2.07. The molecule has 0 spiro atoms. The van der Waals surface area contributed by atoms with Gasteiger partial charge in [-0.15, -0.1) is 0 Å². The molecule has 2 amide bonds. The number of aliphatic hydroxyl groups is 1. The van der Waals surface area contributed by atoms with E-state index in [1.165, 1.54) is 0 Å². The molecule has 1 aliphatic heterocycles. The molecule has 7 nitrogen and oxygen atoms in total. The summed E-state index contributed by atoms with van der Waals surface area (Å²) in [6.07, 6.45) is 2.03. The summed E-state index contributed by atoms with van der Waals surface area (Å²) in [6.45, 7) is 3.72. The lowest BCUT2D eigenvalue weighted by molar-refractivity contribution is -0.116. The molecule has 1 saturated heterocycles. The zero-order valence-corrected chi connectivity index (χ0v) is 21.5. The van der Waals surface area contributed by atoms with Gasteiger partial charge in [-0.3, -0.25) is 10.1 Å². The summed E-state index contributed by atoms with van der Waals surface area (Å²) < 4.78 is 5.68. The molecule has 0 radical (unpaired) electrons. The van der Waals surface area contributed by atoms with E-state index in [4.69, 9.17) is 4.74 Å². The number of aryl methyl sites for hydroxylation is 2. The molecule has 0 unspecified atom stereocenters. The van der Waals surface area contributed by atoms with Crippen molar-refractivity contribution in [3.8, 4) is 11.1 Å². The van der Waals surface area contributed by atoms with Gasteiger partial charge in [-0.1, -0.05) is 42.5 Å². The number of likely N-dealkylation sites (tertiary alicyclic amines) is 1. The third kappa shape index (κ3) is 7.41. The lowest BCUT2D eigenvalue weighted by Gasteiger charge is -2.28. The number of hydrogen-bond donors (Lipinski definition) is 3. The topological polar surface area (TPSA) is 90.9 Å². The maximum absolute atomic E-state index is 12.7. The fraction of sp³-hybridized carbons (Fsp3) is 0.333. The van der Waals surface area contributed by atoms with Crippen LogP contribution in [0.25, 0.3) is 11.1 Å². The largest absolute Gasteiger partial charge is 0.446 e. The third-order valence-corrected chi connectivity index (χ3v) is 6.78. The van der Waals surface area contributed by atoms with E-state index in [1.807, 2.05) is 67.6 Å². The van der Waals surface area contributed by atoms with Gasteiger partial charge in [0, 0.05) is 30.8 Å². The highest BCUT2D eigenvalue weighted by Crippen LogP contribution is 2.30. The van der Waals surface area contributed by atoms with Crippen molar-refractivity contribution in [3.05, 3.63) is 83.4 Å². The first-order chi connectivity index (χ1) is 17.9. The van der Waals surface area contributed by atoms with Crippen molar-refractivity contribution in [2.75, 3.05) is 30.8 Å². The molecule has 1 heterocycles. The minimum absolute atomic E-state index is 0.0233. The summed E-state index contributed by atoms with van der Waals surface area (Å²) in [5.74, 6) is -0.0821. The first-order valence-corrected chi connectivity index (χ1v) is 12.8. The second-order valence-corrected chi connectivity index (χ2v) is 9.63. The van der Waals surface area contributed by atoms with E-state index in [1.54, 1.807) is 6.07 Å². The molecule has 3 aromatic carbocycles. The molecular formula is C30H35N3O4. The number of amides is 2. The third-order valence-electron chi connectivity index (χ3n) is 6.78. The minimum atomic E-state index is -0.443. The van der Waals surface area contributed by atoms with E-state index in [-0.39, 0.29) is 18.6 Å². The van der Waals surface area contributed by atoms with Crippen molar-refractivity contribution < 1.29 is 19.4 Å². The van der Waals surface area contributed by atoms with Gasteiger partial charge in [0.25, 0.3) is 0 Å². The van der Waals surface area contributed by atoms with Gasteiger partial charge in [0.1, 0.15) is 6.10 Å². The average molecular weight is 502 g/mol. The Balaban J connectivity index is 1.42. The Morgan fingerprint density at radius 1 is 1.00 bits per heavy atom. The molecule has 3 N–H and O–H groups in total. The van der Waals surface area contributed by atoms with E-state index >= 15 is 0 Å². The first-order valence-electron chi connectivity index (χ1n) is 12.8. The molecule has 7 heteroatoms. The summed E-state index contributed by atoms with van der Waals surface area (Å²) in [4.78, 5) is 27.5. The Kier molecular flexibility index (Phi) is 8.93. The number of aliphatic hydroxyl groups excluding tert-OH is 1. The van der Waals surface area contributed by atoms with Crippen molar-refractivity contribution in [1.82, 2.24) is 4.90 Å². The van der Waals surface area contributed by atoms with E-state index in [9.17, 15) is 14.7 Å². The van der Waals surface area contributed by atoms with Gasteiger partial charge in [-0.25, -0.2) is 4.79 Å². The Morgan fingerprint density at radius 2 is 1.76 bits per heavy atom. The number of carbonyl (C=O) groups is 2. The number of rotatable bonds is 8. The Bertz CT molecular complexity index is 1220. The molecule has 194 valence electrons. The summed E-state index contributed by atoms with van der Waals surface area (Å²) in [5.41, 5.74) is 6.02. The van der Waals surface area contributed by atoms with Gasteiger partial charge in [0.05, 0.1) is 12.3 Å². The number of nitrogens with zero attached hydrogens (tertiary/aromatic N) is 1. The molecule has 0 aromatic heterocycles. The van der Waals surface area contributed by atoms with E-state index < -0.39 is 6.09 Å². The average Bonchev–Trinajstić information content (AvgIpc) is 2.90. The van der Waals surface area contributed by atoms with Crippen LogP contribution in [0.3, 0.4) is 0 Å². The number of ether oxygens (including phenoxy) is 1. The van der Waals surface area contributed by atoms with Crippen LogP contribution in [0.2, 0.25) is 0 Å². The SMILES string of the molecule is Cc1cc(NC(=O)CCc2ccc(NC(=O)OC3CCN(C)CC3)c(-c3ccccc3)c2)ccc1CO. The van der Waals surface area contributed by atoms with Crippen molar-refractivity contribution >= 4 is 23.4 Å². The molecule has 0 bridgehead atoms. The van der Waals surface area contributed by atoms with Gasteiger partial charge in [0.2, 0.25) is 5.91 Å². The van der Waals surface area contributed by atoms with Crippen LogP contribution in [0.15, 0.2) is 66.7 Å². The second-order valence-electron chi connectivity index (χ2n) is 9.63. The molecule has 4 rings (SSSR count). The fourth-order valence-electron chi connectivity index (χ4n) is 4.54. The van der Waals surface area contributed by atoms with Crippen LogP contribution in [0.1, 0.15) is 36.0 Å². The van der Waals surface area contributed by atoms with Crippen LogP contribution >= 0.6 is 0 Å². The monoisotopic (exact) mass is 501 g/mol. The molecule has 0 atom stereocenters. The second kappa shape index (κ2) is 12.5. The van der Waals surface area contributed by atoms with Crippen LogP contribution in [0.4, 0.5) is 16.2 Å². The van der Waals surface area contributed by atoms with Gasteiger partial charge in [-0.2, -0.15) is 0 Å². The zero-order valence-electron chi connectivity index (χ0n) is 21.5. The van der Waals surface area contributed by atoms with Crippen LogP contribution in [-0.4, -0.2) is 48.2 Å². The maximum Gasteiger partial charge on any atom is 0.411 e. The Morgan fingerprint density at radius 3 is 2.46 bits per heavy atom. The number of benzene rings is 3. The predicted molar refractivity (Wildman–Crippen MR) is 147 cm³/mol. The standard InChI is InChI=1S/C30H35N3O4/c1-21-18-25(11-10-24(21)20-34)31-29(35)13-9-22-8-12-28(27(19-22)23-6-4-3-5-7-23)32-30(36)37-26-14-16-33(2)17-15-26/h3-8,10-12,18-19,26,34H,9,13-17,20H2,1-2H3,(H,31,35)(H,32,36). The van der Waals surface area contributed by atoms with Crippen LogP contribution < -0.4 is 10.6 Å². The quantitative estimate of drug-likeness (QED) is 0.386. The normalized spacial score (nSPS) is 14.2. The molecule has 37 heavy (non-hydrogen) atoms. The van der Waals surface area contributed by atoms with Crippen LogP contribution in [-0.2, 0) is 22.6 Å². The molecular weight excluding hydrogens is 466 g/mol. The molecule has 1 fully saturated rings. The number of piperidine rings is 1. The number of carbonyl (C=O) groups excluding carboxylic acids is 2. The minimum Gasteiger partial charge on any atom is -0.446 e. The maximum atomic E-state index is 12.7. The number of hydrogen-bond acceptors (Lipinski definition) is 5. The van der Waals surface area contributed by atoms with Gasteiger partial charge < -0.3 is 20.1 Å². The number of nitrogens with one attached hydrogen (secondary N) is 2. The summed E-state index contributed by atoms with van der Waals surface area (Å²) in [5, 5.41) is 15.2. The summed E-state index contributed by atoms with van der Waals surface area (Å²) >= 11 is 0. The molecule has 3 aromatic rings. The molecule has 0 aliphatic carbocycles. The predicted octanol–water partition coefficient (Wildman–Crippen LogP) is 5.37. The fourth-order valence-corrected chi connectivity index (χ4v) is 4.54. The van der Waals surface area contributed by atoms with Crippen molar-refractivity contribution in [2.45, 2.75) is 45.3 Å². The molecule has 1 aliphatic rings. The highest BCUT2D eigenvalue weighted by atomic mass is 16.6. The van der Waals surface area contributed by atoms with E-state index in [0.29, 0.717) is 24.2 Å². The lowest BCUT2D eigenvalue weighted by Crippen LogP contribution is -2.36. The summed E-state index contributed by atoms with van der Waals surface area (Å²) in [6, 6.07) is 21.2.